The molecule has 0 aromatic heterocycles. The molecule has 2 aromatic carbocycles. The molecule has 1 fully saturated rings. The molecule has 0 spiro atoms. The fourth-order valence-electron chi connectivity index (χ4n) is 2.97. The number of rotatable bonds is 4. The number of thiocarbonyl (C=S) groups is 1. The predicted octanol–water partition coefficient (Wildman–Crippen LogP) is 3.54. The summed E-state index contributed by atoms with van der Waals surface area (Å²) in [5.74, 6) is 0. The van der Waals surface area contributed by atoms with Crippen molar-refractivity contribution in [3.8, 4) is 0 Å². The Hall–Kier alpha value is -1.65. The van der Waals surface area contributed by atoms with E-state index in [9.17, 15) is 0 Å². The standard InChI is InChI=1S/C18H22N2OS/c1-13(20-18(22)19-12-15-8-5-11-21-15)16-10-4-7-14-6-2-3-9-17(14)16/h2-4,6-7,9-10,13,15H,5,8,11-12H2,1H3,(H2,19,20,22)/t13-,15-/m0/s1. The average Bonchev–Trinajstić information content (AvgIpc) is 3.06. The number of fused-ring (bicyclic) bond motifs is 1. The van der Waals surface area contributed by atoms with Crippen LogP contribution in [-0.2, 0) is 4.74 Å². The van der Waals surface area contributed by atoms with Gasteiger partial charge in [0.2, 0.25) is 0 Å². The smallest absolute Gasteiger partial charge is 0.166 e. The zero-order chi connectivity index (χ0) is 15.4. The summed E-state index contributed by atoms with van der Waals surface area (Å²) >= 11 is 5.41. The molecule has 1 heterocycles. The summed E-state index contributed by atoms with van der Waals surface area (Å²) in [7, 11) is 0. The third kappa shape index (κ3) is 3.57. The van der Waals surface area contributed by atoms with Crippen LogP contribution in [0.5, 0.6) is 0 Å². The first-order chi connectivity index (χ1) is 10.7. The van der Waals surface area contributed by atoms with Crippen molar-refractivity contribution in [2.24, 2.45) is 0 Å². The van der Waals surface area contributed by atoms with Crippen molar-refractivity contribution >= 4 is 28.1 Å². The molecule has 1 saturated heterocycles. The van der Waals surface area contributed by atoms with Gasteiger partial charge in [-0.25, -0.2) is 0 Å². The molecule has 2 atom stereocenters. The van der Waals surface area contributed by atoms with Gasteiger partial charge in [0.15, 0.2) is 5.11 Å². The van der Waals surface area contributed by atoms with Gasteiger partial charge in [0.1, 0.15) is 0 Å². The molecule has 2 N–H and O–H groups in total. The van der Waals surface area contributed by atoms with E-state index in [4.69, 9.17) is 17.0 Å². The van der Waals surface area contributed by atoms with Gasteiger partial charge in [-0.05, 0) is 48.3 Å². The SMILES string of the molecule is C[C@H](NC(=S)NC[C@@H]1CCCO1)c1cccc2ccccc12. The minimum Gasteiger partial charge on any atom is -0.376 e. The molecular weight excluding hydrogens is 292 g/mol. The second-order valence-corrected chi connectivity index (χ2v) is 6.19. The first-order valence-corrected chi connectivity index (χ1v) is 8.28. The van der Waals surface area contributed by atoms with Crippen LogP contribution in [-0.4, -0.2) is 24.4 Å². The van der Waals surface area contributed by atoms with E-state index >= 15 is 0 Å². The number of nitrogens with one attached hydrogen (secondary N) is 2. The highest BCUT2D eigenvalue weighted by Crippen LogP contribution is 2.23. The molecule has 0 bridgehead atoms. The van der Waals surface area contributed by atoms with Crippen molar-refractivity contribution in [1.29, 1.82) is 0 Å². The topological polar surface area (TPSA) is 33.3 Å². The number of benzene rings is 2. The third-order valence-electron chi connectivity index (χ3n) is 4.15. The molecule has 1 aliphatic heterocycles. The molecule has 4 heteroatoms. The van der Waals surface area contributed by atoms with Crippen molar-refractivity contribution < 1.29 is 4.74 Å². The Morgan fingerprint density at radius 2 is 2.09 bits per heavy atom. The fraction of sp³-hybridized carbons (Fsp3) is 0.389. The second kappa shape index (κ2) is 7.07. The van der Waals surface area contributed by atoms with Crippen molar-refractivity contribution in [1.82, 2.24) is 10.6 Å². The summed E-state index contributed by atoms with van der Waals surface area (Å²) in [5.41, 5.74) is 1.26. The Morgan fingerprint density at radius 1 is 1.27 bits per heavy atom. The highest BCUT2D eigenvalue weighted by molar-refractivity contribution is 7.80. The number of hydrogen-bond acceptors (Lipinski definition) is 2. The highest BCUT2D eigenvalue weighted by atomic mass is 32.1. The molecular formula is C18H22N2OS. The van der Waals surface area contributed by atoms with Gasteiger partial charge in [0.25, 0.3) is 0 Å². The van der Waals surface area contributed by atoms with E-state index in [0.29, 0.717) is 11.2 Å². The molecule has 1 aliphatic rings. The monoisotopic (exact) mass is 314 g/mol. The van der Waals surface area contributed by atoms with Gasteiger partial charge in [-0.1, -0.05) is 42.5 Å². The molecule has 116 valence electrons. The van der Waals surface area contributed by atoms with Crippen LogP contribution in [0.15, 0.2) is 42.5 Å². The van der Waals surface area contributed by atoms with Gasteiger partial charge in [0, 0.05) is 13.2 Å². The van der Waals surface area contributed by atoms with E-state index in [1.165, 1.54) is 16.3 Å². The molecule has 3 rings (SSSR count). The first kappa shape index (κ1) is 15.3. The lowest BCUT2D eigenvalue weighted by Crippen LogP contribution is -2.40. The molecule has 22 heavy (non-hydrogen) atoms. The Kier molecular flexibility index (Phi) is 4.90. The molecule has 0 saturated carbocycles. The fourth-order valence-corrected chi connectivity index (χ4v) is 3.23. The van der Waals surface area contributed by atoms with Crippen molar-refractivity contribution in [2.75, 3.05) is 13.2 Å². The van der Waals surface area contributed by atoms with Gasteiger partial charge in [-0.2, -0.15) is 0 Å². The quantitative estimate of drug-likeness (QED) is 0.846. The summed E-state index contributed by atoms with van der Waals surface area (Å²) in [4.78, 5) is 0. The zero-order valence-electron chi connectivity index (χ0n) is 12.8. The minimum atomic E-state index is 0.163. The summed E-state index contributed by atoms with van der Waals surface area (Å²) in [5, 5.41) is 9.86. The average molecular weight is 314 g/mol. The van der Waals surface area contributed by atoms with Gasteiger partial charge >= 0.3 is 0 Å². The maximum atomic E-state index is 5.60. The number of ether oxygens (including phenoxy) is 1. The van der Waals surface area contributed by atoms with E-state index in [2.05, 4.69) is 60.0 Å². The lowest BCUT2D eigenvalue weighted by Gasteiger charge is -2.20. The number of hydrogen-bond donors (Lipinski definition) is 2. The maximum absolute atomic E-state index is 5.60. The molecule has 0 amide bonds. The van der Waals surface area contributed by atoms with Crippen LogP contribution in [0.1, 0.15) is 31.4 Å². The zero-order valence-corrected chi connectivity index (χ0v) is 13.7. The van der Waals surface area contributed by atoms with Crippen molar-refractivity contribution in [3.63, 3.8) is 0 Å². The van der Waals surface area contributed by atoms with Crippen LogP contribution in [0.2, 0.25) is 0 Å². The van der Waals surface area contributed by atoms with Crippen LogP contribution in [0, 0.1) is 0 Å². The van der Waals surface area contributed by atoms with Gasteiger partial charge in [0.05, 0.1) is 12.1 Å². The Bertz CT molecular complexity index is 647. The highest BCUT2D eigenvalue weighted by Gasteiger charge is 2.16. The van der Waals surface area contributed by atoms with Crippen molar-refractivity contribution in [2.45, 2.75) is 31.9 Å². The van der Waals surface area contributed by atoms with E-state index in [0.717, 1.165) is 26.0 Å². The minimum absolute atomic E-state index is 0.163. The van der Waals surface area contributed by atoms with E-state index in [-0.39, 0.29) is 6.04 Å². The summed E-state index contributed by atoms with van der Waals surface area (Å²) in [6.07, 6.45) is 2.57. The van der Waals surface area contributed by atoms with Gasteiger partial charge in [-0.3, -0.25) is 0 Å². The molecule has 0 unspecified atom stereocenters. The summed E-state index contributed by atoms with van der Waals surface area (Å²) < 4.78 is 5.60. The van der Waals surface area contributed by atoms with Crippen LogP contribution >= 0.6 is 12.2 Å². The second-order valence-electron chi connectivity index (χ2n) is 5.78. The molecule has 0 aliphatic carbocycles. The van der Waals surface area contributed by atoms with Gasteiger partial charge < -0.3 is 15.4 Å². The predicted molar refractivity (Wildman–Crippen MR) is 95.1 cm³/mol. The van der Waals surface area contributed by atoms with Gasteiger partial charge in [-0.15, -0.1) is 0 Å². The molecule has 2 aromatic rings. The first-order valence-electron chi connectivity index (χ1n) is 7.87. The van der Waals surface area contributed by atoms with E-state index < -0.39 is 0 Å². The van der Waals surface area contributed by atoms with Crippen molar-refractivity contribution in [3.05, 3.63) is 48.0 Å². The Balaban J connectivity index is 1.62. The molecule has 3 nitrogen and oxygen atoms in total. The normalized spacial score (nSPS) is 19.0. The maximum Gasteiger partial charge on any atom is 0.166 e. The summed E-state index contributed by atoms with van der Waals surface area (Å²) in [6.45, 7) is 3.80. The van der Waals surface area contributed by atoms with Crippen LogP contribution in [0.3, 0.4) is 0 Å². The van der Waals surface area contributed by atoms with Crippen LogP contribution in [0.25, 0.3) is 10.8 Å². The molecule has 0 radical (unpaired) electrons. The van der Waals surface area contributed by atoms with E-state index in [1.54, 1.807) is 0 Å². The summed E-state index contributed by atoms with van der Waals surface area (Å²) in [6, 6.07) is 15.0. The Labute approximate surface area is 137 Å². The largest absolute Gasteiger partial charge is 0.376 e. The van der Waals surface area contributed by atoms with Crippen LogP contribution < -0.4 is 10.6 Å². The van der Waals surface area contributed by atoms with E-state index in [1.807, 2.05) is 0 Å². The van der Waals surface area contributed by atoms with Crippen LogP contribution in [0.4, 0.5) is 0 Å². The third-order valence-corrected chi connectivity index (χ3v) is 4.41. The Morgan fingerprint density at radius 3 is 2.91 bits per heavy atom. The lowest BCUT2D eigenvalue weighted by atomic mass is 10.00. The lowest BCUT2D eigenvalue weighted by molar-refractivity contribution is 0.114.